The maximum atomic E-state index is 5.90. The topological polar surface area (TPSA) is 38.7 Å². The van der Waals surface area contributed by atoms with Gasteiger partial charge in [0.05, 0.1) is 11.4 Å². The lowest BCUT2D eigenvalue weighted by Crippen LogP contribution is -2.65. The van der Waals surface area contributed by atoms with Crippen LogP contribution in [0.4, 0.5) is 68.5 Å². The lowest BCUT2D eigenvalue weighted by Gasteiger charge is -2.48. The molecule has 0 saturated carbocycles. The van der Waals surface area contributed by atoms with Crippen molar-refractivity contribution in [3.05, 3.63) is 203 Å². The second kappa shape index (κ2) is 17.9. The molecule has 0 radical (unpaired) electrons. The van der Waals surface area contributed by atoms with E-state index in [4.69, 9.17) is 9.97 Å². The minimum absolute atomic E-state index is 0.0109. The minimum Gasteiger partial charge on any atom is -0.311 e. The molecule has 0 atom stereocenters. The van der Waals surface area contributed by atoms with E-state index in [1.807, 2.05) is 0 Å². The highest BCUT2D eigenvalue weighted by atomic mass is 15.2. The van der Waals surface area contributed by atoms with Gasteiger partial charge in [0.2, 0.25) is 0 Å². The van der Waals surface area contributed by atoms with Crippen molar-refractivity contribution >= 4 is 115 Å². The Kier molecular flexibility index (Phi) is 11.3. The molecule has 0 N–H and O–H groups in total. The number of benzene rings is 7. The molecule has 0 spiro atoms. The summed E-state index contributed by atoms with van der Waals surface area (Å²) in [5.41, 5.74) is 26.8. The van der Waals surface area contributed by atoms with Gasteiger partial charge < -0.3 is 9.80 Å². The van der Waals surface area contributed by atoms with Crippen LogP contribution >= 0.6 is 0 Å². The van der Waals surface area contributed by atoms with E-state index in [2.05, 4.69) is 286 Å². The van der Waals surface area contributed by atoms with Gasteiger partial charge >= 0.3 is 0 Å². The van der Waals surface area contributed by atoms with Crippen LogP contribution in [0.15, 0.2) is 170 Å². The first-order chi connectivity index (χ1) is 39.9. The van der Waals surface area contributed by atoms with Crippen LogP contribution in [0.5, 0.6) is 0 Å². The van der Waals surface area contributed by atoms with Gasteiger partial charge in [0.15, 0.2) is 0 Å². The molecule has 4 aliphatic heterocycles. The van der Waals surface area contributed by atoms with Crippen molar-refractivity contribution in [3.8, 4) is 0 Å². The lowest BCUT2D eigenvalue weighted by molar-refractivity contribution is 0.332. The van der Waals surface area contributed by atoms with Gasteiger partial charge in [-0.2, -0.15) is 0 Å². The molecule has 0 unspecified atom stereocenters. The van der Waals surface area contributed by atoms with Gasteiger partial charge in [-0.3, -0.25) is 9.80 Å². The Labute approximate surface area is 500 Å². The fraction of sp³-hybridized carbons (Fsp3) is 0.316. The fourth-order valence-electron chi connectivity index (χ4n) is 15.5. The molecule has 2 aliphatic carbocycles. The van der Waals surface area contributed by atoms with Crippen molar-refractivity contribution in [1.82, 2.24) is 9.97 Å². The maximum absolute atomic E-state index is 5.90. The quantitative estimate of drug-likeness (QED) is 0.164. The van der Waals surface area contributed by atoms with E-state index >= 15 is 0 Å². The van der Waals surface area contributed by atoms with Crippen LogP contribution in [0.1, 0.15) is 156 Å². The smallest absolute Gasteiger partial charge is 0.254 e. The SMILES string of the molecule is CC(C)(C)c1cc2c3c(n1)N(c1ccccc1)c1ccccc1B3c1cc3c(cc1N2c1ccc2c(c1)C(C)(C)CCC2(C)C)N(c1ccc2c(c1)C(C)(C)CCC2(C)C)c1cc(C(C)(C)C)nc2c1B3c1ccccc1N2c1ccccc1. The number of hydrogen-bond donors (Lipinski definition) is 0. The number of rotatable bonds is 4. The zero-order chi connectivity index (χ0) is 58.4. The summed E-state index contributed by atoms with van der Waals surface area (Å²) in [6, 6.07) is 65.5. The van der Waals surface area contributed by atoms with Crippen molar-refractivity contribution < 1.29 is 0 Å². The Bertz CT molecular complexity index is 3950. The van der Waals surface area contributed by atoms with Crippen LogP contribution in [-0.4, -0.2) is 23.4 Å². The molecule has 0 fully saturated rings. The molecular weight excluding hydrogens is 1020 g/mol. The number of fused-ring (bicyclic) bond motifs is 10. The summed E-state index contributed by atoms with van der Waals surface area (Å²) in [6.45, 7) is 33.3. The molecule has 84 heavy (non-hydrogen) atoms. The molecule has 9 aromatic rings. The van der Waals surface area contributed by atoms with Crippen LogP contribution in [0.25, 0.3) is 0 Å². The first-order valence-electron chi connectivity index (χ1n) is 31.0. The highest BCUT2D eigenvalue weighted by Crippen LogP contribution is 2.54. The van der Waals surface area contributed by atoms with E-state index in [0.29, 0.717) is 0 Å². The zero-order valence-electron chi connectivity index (χ0n) is 51.8. The molecule has 0 bridgehead atoms. The first-order valence-corrected chi connectivity index (χ1v) is 31.0. The highest BCUT2D eigenvalue weighted by Gasteiger charge is 2.51. The van der Waals surface area contributed by atoms with Crippen LogP contribution in [0.2, 0.25) is 0 Å². The Balaban J connectivity index is 1.10. The predicted molar refractivity (Wildman–Crippen MR) is 358 cm³/mol. The monoisotopic (exact) mass is 1100 g/mol. The number of pyridine rings is 2. The summed E-state index contributed by atoms with van der Waals surface area (Å²) in [4.78, 5) is 22.1. The molecule has 8 heteroatoms. The second-order valence-electron chi connectivity index (χ2n) is 30.0. The molecule has 2 aromatic heterocycles. The molecule has 418 valence electrons. The number of para-hydroxylation sites is 4. The molecule has 6 heterocycles. The Hall–Kier alpha value is -7.83. The van der Waals surface area contributed by atoms with E-state index in [0.717, 1.165) is 71.5 Å². The number of aromatic nitrogens is 2. The van der Waals surface area contributed by atoms with E-state index in [9.17, 15) is 0 Å². The van der Waals surface area contributed by atoms with Crippen LogP contribution in [0.3, 0.4) is 0 Å². The van der Waals surface area contributed by atoms with Crippen molar-refractivity contribution in [1.29, 1.82) is 0 Å². The van der Waals surface area contributed by atoms with E-state index in [-0.39, 0.29) is 45.9 Å². The summed E-state index contributed by atoms with van der Waals surface area (Å²) in [6.07, 6.45) is 4.58. The summed E-state index contributed by atoms with van der Waals surface area (Å²) < 4.78 is 0. The molecular formula is C76H78B2N6. The Morgan fingerprint density at radius 3 is 1.06 bits per heavy atom. The Morgan fingerprint density at radius 2 is 0.679 bits per heavy atom. The van der Waals surface area contributed by atoms with Crippen LogP contribution < -0.4 is 52.4 Å². The molecule has 7 aromatic carbocycles. The third-order valence-electron chi connectivity index (χ3n) is 20.5. The maximum Gasteiger partial charge on any atom is 0.254 e. The minimum atomic E-state index is -0.266. The number of anilines is 12. The largest absolute Gasteiger partial charge is 0.311 e. The van der Waals surface area contributed by atoms with Gasteiger partial charge in [-0.25, -0.2) is 9.97 Å². The molecule has 6 aliphatic rings. The van der Waals surface area contributed by atoms with Gasteiger partial charge in [0, 0.05) is 67.7 Å². The van der Waals surface area contributed by atoms with Crippen molar-refractivity contribution in [2.45, 2.75) is 155 Å². The van der Waals surface area contributed by atoms with Gasteiger partial charge in [0.1, 0.15) is 11.6 Å². The molecule has 0 saturated heterocycles. The summed E-state index contributed by atoms with van der Waals surface area (Å²) in [5, 5.41) is 0. The van der Waals surface area contributed by atoms with Gasteiger partial charge in [0.25, 0.3) is 13.4 Å². The van der Waals surface area contributed by atoms with Gasteiger partial charge in [-0.1, -0.05) is 188 Å². The lowest BCUT2D eigenvalue weighted by atomic mass is 9.30. The molecule has 6 nitrogen and oxygen atoms in total. The standard InChI is InChI=1S/C76H78B2N6/c1-71(2,3)65-45-63-67-69(79-65)83(47-25-17-15-18-26-47)59-31-23-21-29-55(59)77(67)57-43-58-62(44-61(57)81(63)49-33-35-51-53(41-49)75(11,12)39-37-73(51,7)8)82(50-34-36-52-54(42-50)76(13,14)40-38-74(52,9)10)64-46-66(72(4,5)6)80-70-68(64)78(58)56-30-22-24-32-60(56)84(70)48-27-19-16-20-28-48/h15-36,41-46H,37-40H2,1-14H3. The number of nitrogens with zero attached hydrogens (tertiary/aromatic N) is 6. The Morgan fingerprint density at radius 1 is 0.321 bits per heavy atom. The average molecular weight is 1100 g/mol. The normalized spacial score (nSPS) is 17.9. The third-order valence-corrected chi connectivity index (χ3v) is 20.5. The number of hydrogen-bond acceptors (Lipinski definition) is 6. The fourth-order valence-corrected chi connectivity index (χ4v) is 15.5. The van der Waals surface area contributed by atoms with Crippen molar-refractivity contribution in [3.63, 3.8) is 0 Å². The van der Waals surface area contributed by atoms with E-state index in [1.54, 1.807) is 0 Å². The van der Waals surface area contributed by atoms with Crippen LogP contribution in [0, 0.1) is 0 Å². The molecule has 15 rings (SSSR count). The zero-order valence-corrected chi connectivity index (χ0v) is 51.8. The van der Waals surface area contributed by atoms with E-state index < -0.39 is 0 Å². The van der Waals surface area contributed by atoms with Gasteiger partial charge in [-0.15, -0.1) is 0 Å². The van der Waals surface area contributed by atoms with Crippen molar-refractivity contribution in [2.24, 2.45) is 0 Å². The summed E-state index contributed by atoms with van der Waals surface area (Å²) >= 11 is 0. The predicted octanol–water partition coefficient (Wildman–Crippen LogP) is 15.9. The van der Waals surface area contributed by atoms with Crippen molar-refractivity contribution in [2.75, 3.05) is 19.6 Å². The summed E-state index contributed by atoms with van der Waals surface area (Å²) in [7, 11) is 0. The average Bonchev–Trinajstić information content (AvgIpc) is 0.760. The highest BCUT2D eigenvalue weighted by molar-refractivity contribution is 7.03. The molecule has 0 amide bonds. The van der Waals surface area contributed by atoms with E-state index in [1.165, 1.54) is 89.2 Å². The van der Waals surface area contributed by atoms with Crippen LogP contribution in [-0.2, 0) is 32.5 Å². The third kappa shape index (κ3) is 7.76. The first kappa shape index (κ1) is 52.9. The summed E-state index contributed by atoms with van der Waals surface area (Å²) in [5.74, 6) is 1.99. The second-order valence-corrected chi connectivity index (χ2v) is 30.0. The van der Waals surface area contributed by atoms with Gasteiger partial charge in [-0.05, 0) is 181 Å².